The molecule has 7 nitrogen and oxygen atoms in total. The molecule has 1 aliphatic carbocycles. The van der Waals surface area contributed by atoms with Gasteiger partial charge in [-0.1, -0.05) is 0 Å². The number of rotatable bonds is 5. The van der Waals surface area contributed by atoms with E-state index in [1.54, 1.807) is 6.20 Å². The maximum Gasteiger partial charge on any atom is 0.251 e. The quantitative estimate of drug-likeness (QED) is 0.480. The SMILES string of the molecule is Cc1cc(-c2nccc(Nc3ccc4c(c3)CCNC4=O)n2)ccc1-n1cnc(C2CC2)c1. The first-order valence-corrected chi connectivity index (χ1v) is 11.3. The normalized spacial score (nSPS) is 15.1. The van der Waals surface area contributed by atoms with Crippen LogP contribution in [0.1, 0.15) is 45.9 Å². The minimum absolute atomic E-state index is 0.00889. The maximum absolute atomic E-state index is 12.0. The third-order valence-corrected chi connectivity index (χ3v) is 6.29. The number of hydrogen-bond acceptors (Lipinski definition) is 5. The van der Waals surface area contributed by atoms with Crippen LogP contribution < -0.4 is 10.6 Å². The van der Waals surface area contributed by atoms with E-state index in [-0.39, 0.29) is 5.91 Å². The van der Waals surface area contributed by atoms with Gasteiger partial charge in [-0.3, -0.25) is 4.79 Å². The van der Waals surface area contributed by atoms with E-state index in [0.717, 1.165) is 40.0 Å². The van der Waals surface area contributed by atoms with E-state index in [9.17, 15) is 4.79 Å². The zero-order valence-electron chi connectivity index (χ0n) is 18.4. The Balaban J connectivity index is 1.24. The summed E-state index contributed by atoms with van der Waals surface area (Å²) in [5.41, 5.74) is 7.10. The molecule has 2 aromatic carbocycles. The molecule has 0 spiro atoms. The van der Waals surface area contributed by atoms with Gasteiger partial charge in [0.05, 0.1) is 12.0 Å². The number of carbonyl (C=O) groups excluding carboxylic acids is 1. The van der Waals surface area contributed by atoms with Crippen LogP contribution in [0, 0.1) is 6.92 Å². The van der Waals surface area contributed by atoms with Crippen LogP contribution in [0.25, 0.3) is 17.1 Å². The number of nitrogens with zero attached hydrogens (tertiary/aromatic N) is 4. The van der Waals surface area contributed by atoms with Crippen molar-refractivity contribution in [2.45, 2.75) is 32.1 Å². The Bertz CT molecular complexity index is 1370. The Morgan fingerprint density at radius 3 is 2.85 bits per heavy atom. The van der Waals surface area contributed by atoms with Gasteiger partial charge in [0.15, 0.2) is 5.82 Å². The summed E-state index contributed by atoms with van der Waals surface area (Å²) in [6, 6.07) is 13.9. The first kappa shape index (κ1) is 19.7. The molecule has 4 aromatic rings. The van der Waals surface area contributed by atoms with Gasteiger partial charge in [-0.25, -0.2) is 15.0 Å². The molecule has 3 heterocycles. The number of imidazole rings is 1. The molecule has 2 N–H and O–H groups in total. The highest BCUT2D eigenvalue weighted by Crippen LogP contribution is 2.39. The third-order valence-electron chi connectivity index (χ3n) is 6.29. The van der Waals surface area contributed by atoms with Crippen LogP contribution in [-0.4, -0.2) is 32.0 Å². The average Bonchev–Trinajstić information content (AvgIpc) is 3.56. The summed E-state index contributed by atoms with van der Waals surface area (Å²) in [4.78, 5) is 25.8. The van der Waals surface area contributed by atoms with Crippen LogP contribution in [0.15, 0.2) is 61.2 Å². The topological polar surface area (TPSA) is 84.7 Å². The van der Waals surface area contributed by atoms with Crippen molar-refractivity contribution in [2.75, 3.05) is 11.9 Å². The molecule has 0 radical (unpaired) electrons. The molecule has 7 heteroatoms. The molecule has 0 bridgehead atoms. The van der Waals surface area contributed by atoms with Crippen LogP contribution >= 0.6 is 0 Å². The van der Waals surface area contributed by atoms with Gasteiger partial charge >= 0.3 is 0 Å². The molecule has 0 unspecified atom stereocenters. The summed E-state index contributed by atoms with van der Waals surface area (Å²) in [5.74, 6) is 2.01. The molecule has 0 atom stereocenters. The van der Waals surface area contributed by atoms with E-state index >= 15 is 0 Å². The van der Waals surface area contributed by atoms with Crippen molar-refractivity contribution < 1.29 is 4.79 Å². The fourth-order valence-corrected chi connectivity index (χ4v) is 4.36. The number of anilines is 2. The molecule has 33 heavy (non-hydrogen) atoms. The predicted molar refractivity (Wildman–Crippen MR) is 127 cm³/mol. The molecule has 1 aliphatic heterocycles. The molecular formula is C26H24N6O. The van der Waals surface area contributed by atoms with Crippen molar-refractivity contribution in [1.82, 2.24) is 24.8 Å². The highest BCUT2D eigenvalue weighted by molar-refractivity contribution is 5.97. The number of carbonyl (C=O) groups is 1. The fraction of sp³-hybridized carbons (Fsp3) is 0.231. The van der Waals surface area contributed by atoms with Crippen molar-refractivity contribution >= 4 is 17.4 Å². The van der Waals surface area contributed by atoms with Crippen LogP contribution in [-0.2, 0) is 6.42 Å². The molecule has 2 aromatic heterocycles. The van der Waals surface area contributed by atoms with Crippen molar-refractivity contribution in [3.8, 4) is 17.1 Å². The van der Waals surface area contributed by atoms with Crippen molar-refractivity contribution in [1.29, 1.82) is 0 Å². The smallest absolute Gasteiger partial charge is 0.251 e. The Kier molecular flexibility index (Phi) is 4.68. The van der Waals surface area contributed by atoms with E-state index < -0.39 is 0 Å². The van der Waals surface area contributed by atoms with Gasteiger partial charge in [0, 0.05) is 47.4 Å². The largest absolute Gasteiger partial charge is 0.352 e. The monoisotopic (exact) mass is 436 g/mol. The lowest BCUT2D eigenvalue weighted by Crippen LogP contribution is -2.31. The summed E-state index contributed by atoms with van der Waals surface area (Å²) in [6.07, 6.45) is 9.13. The van der Waals surface area contributed by atoms with E-state index in [4.69, 9.17) is 4.98 Å². The molecule has 0 saturated heterocycles. The van der Waals surface area contributed by atoms with E-state index in [0.29, 0.717) is 24.1 Å². The molecule has 1 saturated carbocycles. The first-order chi connectivity index (χ1) is 16.1. The zero-order chi connectivity index (χ0) is 22.4. The molecular weight excluding hydrogens is 412 g/mol. The van der Waals surface area contributed by atoms with Crippen LogP contribution in [0.2, 0.25) is 0 Å². The number of fused-ring (bicyclic) bond motifs is 1. The second-order valence-electron chi connectivity index (χ2n) is 8.75. The van der Waals surface area contributed by atoms with Crippen molar-refractivity contribution in [3.63, 3.8) is 0 Å². The average molecular weight is 437 g/mol. The van der Waals surface area contributed by atoms with Gasteiger partial charge in [-0.05, 0) is 79.8 Å². The Morgan fingerprint density at radius 1 is 1.09 bits per heavy atom. The lowest BCUT2D eigenvalue weighted by Gasteiger charge is -2.17. The number of aryl methyl sites for hydroxylation is 1. The Labute approximate surface area is 191 Å². The Morgan fingerprint density at radius 2 is 2.00 bits per heavy atom. The van der Waals surface area contributed by atoms with Gasteiger partial charge in [-0.15, -0.1) is 0 Å². The summed E-state index contributed by atoms with van der Waals surface area (Å²) < 4.78 is 2.10. The minimum atomic E-state index is -0.00889. The van der Waals surface area contributed by atoms with Gasteiger partial charge in [-0.2, -0.15) is 0 Å². The fourth-order valence-electron chi connectivity index (χ4n) is 4.36. The second-order valence-corrected chi connectivity index (χ2v) is 8.75. The predicted octanol–water partition coefficient (Wildman–Crippen LogP) is 4.54. The minimum Gasteiger partial charge on any atom is -0.352 e. The number of aromatic nitrogens is 4. The van der Waals surface area contributed by atoms with Gasteiger partial charge in [0.25, 0.3) is 5.91 Å². The first-order valence-electron chi connectivity index (χ1n) is 11.3. The number of nitrogens with one attached hydrogen (secondary N) is 2. The maximum atomic E-state index is 12.0. The van der Waals surface area contributed by atoms with Crippen LogP contribution in [0.4, 0.5) is 11.5 Å². The number of hydrogen-bond donors (Lipinski definition) is 2. The van der Waals surface area contributed by atoms with Gasteiger partial charge in [0.1, 0.15) is 5.82 Å². The molecule has 2 aliphatic rings. The number of benzene rings is 2. The number of amides is 1. The summed E-state index contributed by atoms with van der Waals surface area (Å²) in [6.45, 7) is 2.77. The van der Waals surface area contributed by atoms with Crippen molar-refractivity contribution in [2.24, 2.45) is 0 Å². The lowest BCUT2D eigenvalue weighted by atomic mass is 10.00. The van der Waals surface area contributed by atoms with Crippen molar-refractivity contribution in [3.05, 3.63) is 83.6 Å². The summed E-state index contributed by atoms with van der Waals surface area (Å²) in [7, 11) is 0. The highest BCUT2D eigenvalue weighted by atomic mass is 16.1. The molecule has 164 valence electrons. The third kappa shape index (κ3) is 3.86. The van der Waals surface area contributed by atoms with E-state index in [2.05, 4.69) is 56.5 Å². The standard InChI is InChI=1S/C26H24N6O/c1-16-12-19(4-7-23(16)32-14-22(29-15-32)17-2-3-17)25-27-11-9-24(31-25)30-20-5-6-21-18(13-20)8-10-28-26(21)33/h4-7,9,11-15,17H,2-3,8,10H2,1H3,(H,28,33)(H,27,30,31). The summed E-state index contributed by atoms with van der Waals surface area (Å²) in [5, 5.41) is 6.23. The second kappa shape index (κ2) is 7.85. The molecule has 6 rings (SSSR count). The van der Waals surface area contributed by atoms with E-state index in [1.807, 2.05) is 30.6 Å². The van der Waals surface area contributed by atoms with Crippen LogP contribution in [0.5, 0.6) is 0 Å². The lowest BCUT2D eigenvalue weighted by molar-refractivity contribution is 0.0946. The van der Waals surface area contributed by atoms with Gasteiger partial charge < -0.3 is 15.2 Å². The Hall–Kier alpha value is -4.00. The van der Waals surface area contributed by atoms with Gasteiger partial charge in [0.2, 0.25) is 0 Å². The molecule has 1 fully saturated rings. The molecule has 1 amide bonds. The summed E-state index contributed by atoms with van der Waals surface area (Å²) >= 11 is 0. The zero-order valence-corrected chi connectivity index (χ0v) is 18.4. The van der Waals surface area contributed by atoms with Crippen LogP contribution in [0.3, 0.4) is 0 Å². The highest BCUT2D eigenvalue weighted by Gasteiger charge is 2.26. The van der Waals surface area contributed by atoms with E-state index in [1.165, 1.54) is 18.5 Å².